The van der Waals surface area contributed by atoms with Crippen molar-refractivity contribution in [1.29, 1.82) is 0 Å². The molecule has 1 aliphatic rings. The fourth-order valence-corrected chi connectivity index (χ4v) is 4.20. The number of amides is 1. The monoisotopic (exact) mass is 375 g/mol. The number of hydrogen-bond acceptors (Lipinski definition) is 4. The van der Waals surface area contributed by atoms with Crippen molar-refractivity contribution in [3.63, 3.8) is 0 Å². The third kappa shape index (κ3) is 3.28. The molecular weight excluding hydrogens is 358 g/mol. The summed E-state index contributed by atoms with van der Waals surface area (Å²) in [6.07, 6.45) is 0. The lowest BCUT2D eigenvalue weighted by atomic mass is 10.2. The quantitative estimate of drug-likeness (QED) is 0.804. The minimum atomic E-state index is -3.69. The van der Waals surface area contributed by atoms with E-state index in [-0.39, 0.29) is 17.3 Å². The number of sulfonamides is 1. The second-order valence-electron chi connectivity index (χ2n) is 4.86. The number of nitrogens with zero attached hydrogens (tertiary/aromatic N) is 1. The molecule has 2 rings (SSSR count). The maximum Gasteiger partial charge on any atom is 0.243 e. The zero-order valence-electron chi connectivity index (χ0n) is 11.9. The van der Waals surface area contributed by atoms with Gasteiger partial charge in [0.1, 0.15) is 6.04 Å². The molecular formula is C13H18BrN3O3S. The number of benzene rings is 1. The van der Waals surface area contributed by atoms with E-state index in [1.807, 2.05) is 6.92 Å². The van der Waals surface area contributed by atoms with E-state index in [1.54, 1.807) is 18.2 Å². The zero-order valence-corrected chi connectivity index (χ0v) is 14.3. The Balaban J connectivity index is 2.40. The van der Waals surface area contributed by atoms with Crippen molar-refractivity contribution < 1.29 is 13.2 Å². The van der Waals surface area contributed by atoms with Gasteiger partial charge in [-0.2, -0.15) is 4.31 Å². The van der Waals surface area contributed by atoms with Crippen molar-refractivity contribution in [3.8, 4) is 0 Å². The summed E-state index contributed by atoms with van der Waals surface area (Å²) in [4.78, 5) is 12.1. The van der Waals surface area contributed by atoms with Crippen LogP contribution in [0.15, 0.2) is 27.6 Å². The lowest BCUT2D eigenvalue weighted by Gasteiger charge is -2.33. The van der Waals surface area contributed by atoms with Crippen LogP contribution in [0.25, 0.3) is 0 Å². The van der Waals surface area contributed by atoms with Crippen LogP contribution in [-0.2, 0) is 14.8 Å². The summed E-state index contributed by atoms with van der Waals surface area (Å²) in [5, 5.41) is 5.57. The predicted molar refractivity (Wildman–Crippen MR) is 83.5 cm³/mol. The van der Waals surface area contributed by atoms with Crippen LogP contribution < -0.4 is 10.6 Å². The topological polar surface area (TPSA) is 78.5 Å². The average molecular weight is 376 g/mol. The molecule has 1 atom stereocenters. The number of rotatable bonds is 3. The molecule has 1 aliphatic heterocycles. The summed E-state index contributed by atoms with van der Waals surface area (Å²) in [5.74, 6) is -0.306. The Labute approximate surface area is 133 Å². The van der Waals surface area contributed by atoms with Gasteiger partial charge in [-0.1, -0.05) is 15.9 Å². The van der Waals surface area contributed by atoms with Crippen molar-refractivity contribution in [1.82, 2.24) is 14.9 Å². The molecule has 1 aromatic rings. The molecule has 0 radical (unpaired) electrons. The van der Waals surface area contributed by atoms with Crippen molar-refractivity contribution in [2.45, 2.75) is 17.9 Å². The number of nitrogens with one attached hydrogen (secondary N) is 2. The first kappa shape index (κ1) is 16.4. The lowest BCUT2D eigenvalue weighted by Crippen LogP contribution is -2.59. The van der Waals surface area contributed by atoms with E-state index in [9.17, 15) is 13.2 Å². The van der Waals surface area contributed by atoms with Crippen molar-refractivity contribution in [3.05, 3.63) is 28.2 Å². The van der Waals surface area contributed by atoms with Gasteiger partial charge < -0.3 is 10.6 Å². The first-order valence-corrected chi connectivity index (χ1v) is 8.81. The van der Waals surface area contributed by atoms with Crippen LogP contribution in [0.1, 0.15) is 5.56 Å². The Hall–Kier alpha value is -0.960. The SMILES string of the molecule is CNC(=O)C1CNCCN1S(=O)(=O)c1ccc(Br)c(C)c1. The Bertz CT molecular complexity index is 648. The molecule has 0 aromatic heterocycles. The number of piperazine rings is 1. The summed E-state index contributed by atoms with van der Waals surface area (Å²) in [6, 6.07) is 4.15. The highest BCUT2D eigenvalue weighted by Crippen LogP contribution is 2.24. The molecule has 0 aliphatic carbocycles. The minimum absolute atomic E-state index is 0.207. The number of carbonyl (C=O) groups is 1. The van der Waals surface area contributed by atoms with E-state index in [0.717, 1.165) is 10.0 Å². The Morgan fingerprint density at radius 3 is 2.81 bits per heavy atom. The Kier molecular flexibility index (Phi) is 5.03. The highest BCUT2D eigenvalue weighted by Gasteiger charge is 2.37. The van der Waals surface area contributed by atoms with Crippen LogP contribution in [0.4, 0.5) is 0 Å². The number of likely N-dealkylation sites (N-methyl/N-ethyl adjacent to an activating group) is 1. The summed E-state index contributed by atoms with van der Waals surface area (Å²) in [5.41, 5.74) is 0.836. The molecule has 116 valence electrons. The van der Waals surface area contributed by atoms with Gasteiger partial charge in [0, 0.05) is 31.2 Å². The summed E-state index contributed by atoms with van der Waals surface area (Å²) in [6.45, 7) is 2.95. The van der Waals surface area contributed by atoms with E-state index in [1.165, 1.54) is 11.4 Å². The largest absolute Gasteiger partial charge is 0.358 e. The first-order valence-electron chi connectivity index (χ1n) is 6.58. The average Bonchev–Trinajstić information content (AvgIpc) is 2.49. The molecule has 1 fully saturated rings. The number of halogens is 1. The maximum absolute atomic E-state index is 12.8. The zero-order chi connectivity index (χ0) is 15.6. The van der Waals surface area contributed by atoms with Crippen molar-refractivity contribution >= 4 is 31.9 Å². The highest BCUT2D eigenvalue weighted by molar-refractivity contribution is 9.10. The minimum Gasteiger partial charge on any atom is -0.358 e. The first-order chi connectivity index (χ1) is 9.87. The van der Waals surface area contributed by atoms with E-state index in [0.29, 0.717) is 13.1 Å². The molecule has 6 nitrogen and oxygen atoms in total. The van der Waals surface area contributed by atoms with Gasteiger partial charge in [-0.05, 0) is 30.7 Å². The second-order valence-corrected chi connectivity index (χ2v) is 7.61. The number of aryl methyl sites for hydroxylation is 1. The summed E-state index contributed by atoms with van der Waals surface area (Å²) in [7, 11) is -2.19. The summed E-state index contributed by atoms with van der Waals surface area (Å²) >= 11 is 3.36. The molecule has 1 heterocycles. The van der Waals surface area contributed by atoms with Gasteiger partial charge >= 0.3 is 0 Å². The smallest absolute Gasteiger partial charge is 0.243 e. The van der Waals surface area contributed by atoms with Crippen LogP contribution in [0, 0.1) is 6.92 Å². The third-order valence-corrected chi connectivity index (χ3v) is 6.27. The highest BCUT2D eigenvalue weighted by atomic mass is 79.9. The third-order valence-electron chi connectivity index (χ3n) is 3.48. The molecule has 1 amide bonds. The van der Waals surface area contributed by atoms with E-state index in [4.69, 9.17) is 0 Å². The van der Waals surface area contributed by atoms with Gasteiger partial charge in [-0.15, -0.1) is 0 Å². The van der Waals surface area contributed by atoms with E-state index >= 15 is 0 Å². The number of carbonyl (C=O) groups excluding carboxylic acids is 1. The number of hydrogen-bond donors (Lipinski definition) is 2. The van der Waals surface area contributed by atoms with Crippen molar-refractivity contribution in [2.75, 3.05) is 26.7 Å². The van der Waals surface area contributed by atoms with Gasteiger partial charge in [0.2, 0.25) is 15.9 Å². The maximum atomic E-state index is 12.8. The summed E-state index contributed by atoms with van der Waals surface area (Å²) < 4.78 is 27.7. The Morgan fingerprint density at radius 1 is 1.48 bits per heavy atom. The molecule has 0 spiro atoms. The standard InChI is InChI=1S/C13H18BrN3O3S/c1-9-7-10(3-4-11(9)14)21(19,20)17-6-5-16-8-12(17)13(18)15-2/h3-4,7,12,16H,5-6,8H2,1-2H3,(H,15,18). The molecule has 1 unspecified atom stereocenters. The van der Waals surface area contributed by atoms with Gasteiger partial charge in [-0.25, -0.2) is 8.42 Å². The fraction of sp³-hybridized carbons (Fsp3) is 0.462. The molecule has 1 aromatic carbocycles. The molecule has 0 saturated carbocycles. The fourth-order valence-electron chi connectivity index (χ4n) is 2.28. The second kappa shape index (κ2) is 6.43. The lowest BCUT2D eigenvalue weighted by molar-refractivity contribution is -0.124. The van der Waals surface area contributed by atoms with Crippen LogP contribution >= 0.6 is 15.9 Å². The van der Waals surface area contributed by atoms with E-state index in [2.05, 4.69) is 26.6 Å². The molecule has 21 heavy (non-hydrogen) atoms. The van der Waals surface area contributed by atoms with Gasteiger partial charge in [-0.3, -0.25) is 4.79 Å². The van der Waals surface area contributed by atoms with Crippen LogP contribution in [-0.4, -0.2) is 51.4 Å². The predicted octanol–water partition coefficient (Wildman–Crippen LogP) is 0.466. The van der Waals surface area contributed by atoms with Crippen LogP contribution in [0.3, 0.4) is 0 Å². The molecule has 0 bridgehead atoms. The molecule has 1 saturated heterocycles. The molecule has 8 heteroatoms. The van der Waals surface area contributed by atoms with E-state index < -0.39 is 16.1 Å². The van der Waals surface area contributed by atoms with Gasteiger partial charge in [0.15, 0.2) is 0 Å². The van der Waals surface area contributed by atoms with Crippen molar-refractivity contribution in [2.24, 2.45) is 0 Å². The van der Waals surface area contributed by atoms with Crippen LogP contribution in [0.2, 0.25) is 0 Å². The Morgan fingerprint density at radius 2 is 2.19 bits per heavy atom. The normalized spacial score (nSPS) is 20.2. The van der Waals surface area contributed by atoms with Crippen LogP contribution in [0.5, 0.6) is 0 Å². The van der Waals surface area contributed by atoms with Gasteiger partial charge in [0.25, 0.3) is 0 Å². The van der Waals surface area contributed by atoms with Gasteiger partial charge in [0.05, 0.1) is 4.90 Å². The molecule has 2 N–H and O–H groups in total.